The highest BCUT2D eigenvalue weighted by molar-refractivity contribution is 6.00. The standard InChI is InChI=1S/C26H21N5O2/c1-18(19-11-13-21(14-12-19)31-17-27-16-29-31)30-25(32)22-9-5-6-10-23(22)26-28-15-24(33-26)20-7-3-2-4-8-20/h2-18H,1H3,(H,30,32). The molecule has 0 radical (unpaired) electrons. The number of nitrogens with zero attached hydrogens (tertiary/aromatic N) is 4. The molecule has 2 aromatic heterocycles. The van der Waals surface area contributed by atoms with E-state index in [9.17, 15) is 4.79 Å². The number of hydrogen-bond acceptors (Lipinski definition) is 5. The molecule has 3 aromatic carbocycles. The molecule has 0 bridgehead atoms. The van der Waals surface area contributed by atoms with Gasteiger partial charge in [-0.3, -0.25) is 4.79 Å². The molecule has 0 fully saturated rings. The van der Waals surface area contributed by atoms with E-state index >= 15 is 0 Å². The Morgan fingerprint density at radius 2 is 1.73 bits per heavy atom. The lowest BCUT2D eigenvalue weighted by atomic mass is 10.0. The molecule has 33 heavy (non-hydrogen) atoms. The van der Waals surface area contributed by atoms with Gasteiger partial charge in [0, 0.05) is 11.1 Å². The van der Waals surface area contributed by atoms with Gasteiger partial charge in [0.25, 0.3) is 5.91 Å². The predicted octanol–water partition coefficient (Wildman–Crippen LogP) is 5.08. The maximum Gasteiger partial charge on any atom is 0.252 e. The molecule has 7 heteroatoms. The van der Waals surface area contributed by atoms with Crippen LogP contribution < -0.4 is 5.32 Å². The quantitative estimate of drug-likeness (QED) is 0.402. The summed E-state index contributed by atoms with van der Waals surface area (Å²) < 4.78 is 7.66. The Morgan fingerprint density at radius 3 is 2.48 bits per heavy atom. The number of carbonyl (C=O) groups is 1. The fourth-order valence-corrected chi connectivity index (χ4v) is 3.62. The van der Waals surface area contributed by atoms with E-state index in [1.54, 1.807) is 23.3 Å². The Bertz CT molecular complexity index is 1360. The fourth-order valence-electron chi connectivity index (χ4n) is 3.62. The van der Waals surface area contributed by atoms with E-state index in [-0.39, 0.29) is 11.9 Å². The molecule has 1 unspecified atom stereocenters. The number of rotatable bonds is 6. The largest absolute Gasteiger partial charge is 0.436 e. The molecule has 0 aliphatic heterocycles. The van der Waals surface area contributed by atoms with E-state index in [4.69, 9.17) is 4.42 Å². The monoisotopic (exact) mass is 435 g/mol. The van der Waals surface area contributed by atoms with Gasteiger partial charge in [0.05, 0.1) is 23.5 Å². The van der Waals surface area contributed by atoms with Gasteiger partial charge < -0.3 is 9.73 Å². The van der Waals surface area contributed by atoms with Crippen molar-refractivity contribution >= 4 is 5.91 Å². The van der Waals surface area contributed by atoms with Crippen molar-refractivity contribution in [2.75, 3.05) is 0 Å². The predicted molar refractivity (Wildman–Crippen MR) is 125 cm³/mol. The van der Waals surface area contributed by atoms with Crippen LogP contribution in [0.25, 0.3) is 28.5 Å². The van der Waals surface area contributed by atoms with Crippen molar-refractivity contribution in [1.82, 2.24) is 25.1 Å². The van der Waals surface area contributed by atoms with Gasteiger partial charge in [-0.25, -0.2) is 14.6 Å². The summed E-state index contributed by atoms with van der Waals surface area (Å²) in [6.07, 6.45) is 4.81. The van der Waals surface area contributed by atoms with Gasteiger partial charge in [0.15, 0.2) is 5.76 Å². The van der Waals surface area contributed by atoms with E-state index in [2.05, 4.69) is 20.4 Å². The lowest BCUT2D eigenvalue weighted by Gasteiger charge is -2.16. The lowest BCUT2D eigenvalue weighted by molar-refractivity contribution is 0.0940. The number of hydrogen-bond donors (Lipinski definition) is 1. The van der Waals surface area contributed by atoms with Gasteiger partial charge in [0.1, 0.15) is 12.7 Å². The smallest absolute Gasteiger partial charge is 0.252 e. The van der Waals surface area contributed by atoms with E-state index in [1.165, 1.54) is 6.33 Å². The van der Waals surface area contributed by atoms with Crippen molar-refractivity contribution in [3.8, 4) is 28.5 Å². The zero-order valence-corrected chi connectivity index (χ0v) is 17.9. The molecule has 0 saturated carbocycles. The van der Waals surface area contributed by atoms with Crippen molar-refractivity contribution in [1.29, 1.82) is 0 Å². The molecule has 162 valence electrons. The van der Waals surface area contributed by atoms with Crippen LogP contribution in [0.15, 0.2) is 102 Å². The molecule has 1 N–H and O–H groups in total. The van der Waals surface area contributed by atoms with E-state index in [0.717, 1.165) is 16.8 Å². The zero-order valence-electron chi connectivity index (χ0n) is 17.9. The molecule has 5 rings (SSSR count). The third kappa shape index (κ3) is 4.29. The highest BCUT2D eigenvalue weighted by Gasteiger charge is 2.19. The molecule has 0 aliphatic carbocycles. The van der Waals surface area contributed by atoms with Crippen LogP contribution in [0.3, 0.4) is 0 Å². The Balaban J connectivity index is 1.35. The average Bonchev–Trinajstić information content (AvgIpc) is 3.57. The molecule has 1 atom stereocenters. The first kappa shape index (κ1) is 20.4. The Hall–Kier alpha value is -4.52. The second-order valence-electron chi connectivity index (χ2n) is 7.57. The average molecular weight is 435 g/mol. The number of benzene rings is 3. The van der Waals surface area contributed by atoms with Gasteiger partial charge in [-0.15, -0.1) is 0 Å². The minimum atomic E-state index is -0.196. The number of carbonyl (C=O) groups excluding carboxylic acids is 1. The van der Waals surface area contributed by atoms with E-state index in [0.29, 0.717) is 22.8 Å². The zero-order chi connectivity index (χ0) is 22.6. The minimum absolute atomic E-state index is 0.195. The summed E-state index contributed by atoms with van der Waals surface area (Å²) in [5.41, 5.74) is 3.96. The second-order valence-corrected chi connectivity index (χ2v) is 7.57. The Labute approximate surface area is 190 Å². The van der Waals surface area contributed by atoms with Gasteiger partial charge in [-0.05, 0) is 36.8 Å². The Morgan fingerprint density at radius 1 is 0.970 bits per heavy atom. The molecular weight excluding hydrogens is 414 g/mol. The normalized spacial score (nSPS) is 11.8. The van der Waals surface area contributed by atoms with E-state index < -0.39 is 0 Å². The first-order chi connectivity index (χ1) is 16.2. The summed E-state index contributed by atoms with van der Waals surface area (Å²) in [5, 5.41) is 7.20. The van der Waals surface area contributed by atoms with Crippen molar-refractivity contribution in [3.05, 3.63) is 109 Å². The van der Waals surface area contributed by atoms with E-state index in [1.807, 2.05) is 79.7 Å². The molecular formula is C26H21N5O2. The maximum atomic E-state index is 13.2. The summed E-state index contributed by atoms with van der Waals surface area (Å²) in [7, 11) is 0. The van der Waals surface area contributed by atoms with Crippen molar-refractivity contribution in [2.24, 2.45) is 0 Å². The Kier molecular flexibility index (Phi) is 5.51. The number of nitrogens with one attached hydrogen (secondary N) is 1. The van der Waals surface area contributed by atoms with Crippen LogP contribution in [-0.2, 0) is 0 Å². The minimum Gasteiger partial charge on any atom is -0.436 e. The van der Waals surface area contributed by atoms with Crippen molar-refractivity contribution < 1.29 is 9.21 Å². The first-order valence-corrected chi connectivity index (χ1v) is 10.6. The number of oxazole rings is 1. The third-order valence-corrected chi connectivity index (χ3v) is 5.39. The van der Waals surface area contributed by atoms with Crippen molar-refractivity contribution in [3.63, 3.8) is 0 Å². The van der Waals surface area contributed by atoms with Gasteiger partial charge in [-0.2, -0.15) is 5.10 Å². The van der Waals surface area contributed by atoms with Crippen LogP contribution in [0.4, 0.5) is 0 Å². The summed E-state index contributed by atoms with van der Waals surface area (Å²) in [6, 6.07) is 24.7. The fraction of sp³-hybridized carbons (Fsp3) is 0.0769. The number of aromatic nitrogens is 4. The topological polar surface area (TPSA) is 85.8 Å². The maximum absolute atomic E-state index is 13.2. The van der Waals surface area contributed by atoms with Crippen LogP contribution in [0.5, 0.6) is 0 Å². The van der Waals surface area contributed by atoms with Crippen LogP contribution in [0.2, 0.25) is 0 Å². The summed E-state index contributed by atoms with van der Waals surface area (Å²) in [5.74, 6) is 0.865. The van der Waals surface area contributed by atoms with Crippen LogP contribution >= 0.6 is 0 Å². The van der Waals surface area contributed by atoms with Gasteiger partial charge >= 0.3 is 0 Å². The molecule has 2 heterocycles. The molecule has 5 aromatic rings. The SMILES string of the molecule is CC(NC(=O)c1ccccc1-c1ncc(-c2ccccc2)o1)c1ccc(-n2cncn2)cc1. The molecule has 0 spiro atoms. The lowest BCUT2D eigenvalue weighted by Crippen LogP contribution is -2.27. The number of amides is 1. The molecule has 7 nitrogen and oxygen atoms in total. The first-order valence-electron chi connectivity index (χ1n) is 10.6. The van der Waals surface area contributed by atoms with Crippen LogP contribution in [0, 0.1) is 0 Å². The summed E-state index contributed by atoms with van der Waals surface area (Å²) in [6.45, 7) is 1.95. The summed E-state index contributed by atoms with van der Waals surface area (Å²) in [4.78, 5) is 21.5. The van der Waals surface area contributed by atoms with Gasteiger partial charge in [0.2, 0.25) is 5.89 Å². The highest BCUT2D eigenvalue weighted by atomic mass is 16.4. The van der Waals surface area contributed by atoms with Crippen LogP contribution in [-0.4, -0.2) is 25.7 Å². The van der Waals surface area contributed by atoms with Gasteiger partial charge in [-0.1, -0.05) is 54.6 Å². The third-order valence-electron chi connectivity index (χ3n) is 5.39. The molecule has 1 amide bonds. The molecule has 0 aliphatic rings. The van der Waals surface area contributed by atoms with Crippen LogP contribution in [0.1, 0.15) is 28.9 Å². The highest BCUT2D eigenvalue weighted by Crippen LogP contribution is 2.28. The summed E-state index contributed by atoms with van der Waals surface area (Å²) >= 11 is 0. The molecule has 0 saturated heterocycles. The second kappa shape index (κ2) is 8.92. The van der Waals surface area contributed by atoms with Crippen molar-refractivity contribution in [2.45, 2.75) is 13.0 Å².